The highest BCUT2D eigenvalue weighted by atomic mass is 32.2. The monoisotopic (exact) mass is 424 g/mol. The normalized spacial score (nSPS) is 11.0. The highest BCUT2D eigenvalue weighted by molar-refractivity contribution is 7.90. The van der Waals surface area contributed by atoms with Crippen LogP contribution >= 0.6 is 0 Å². The van der Waals surface area contributed by atoms with Gasteiger partial charge in [0, 0.05) is 17.5 Å². The largest absolute Gasteiger partial charge is 0.490 e. The number of carbonyl (C=O) groups excluding carboxylic acids is 1. The molecule has 156 valence electrons. The number of nitrogens with one attached hydrogen (secondary N) is 2. The van der Waals surface area contributed by atoms with Crippen molar-refractivity contribution in [3.63, 3.8) is 0 Å². The van der Waals surface area contributed by atoms with Gasteiger partial charge >= 0.3 is 0 Å². The third kappa shape index (κ3) is 5.18. The summed E-state index contributed by atoms with van der Waals surface area (Å²) in [6, 6.07) is 22.1. The SMILES string of the molecule is CCOc1c(NCC(=O)Nc2ccccc2-c2ccccc2)cccc1S(C)(=O)=O. The summed E-state index contributed by atoms with van der Waals surface area (Å²) in [4.78, 5) is 12.7. The molecule has 0 saturated carbocycles. The minimum absolute atomic E-state index is 0.0452. The average Bonchev–Trinajstić information content (AvgIpc) is 2.73. The van der Waals surface area contributed by atoms with Gasteiger partial charge in [-0.1, -0.05) is 54.6 Å². The zero-order valence-electron chi connectivity index (χ0n) is 16.9. The molecule has 0 aliphatic carbocycles. The number of sulfone groups is 1. The molecule has 0 atom stereocenters. The van der Waals surface area contributed by atoms with E-state index in [-0.39, 0.29) is 23.1 Å². The molecular weight excluding hydrogens is 400 g/mol. The molecule has 2 N–H and O–H groups in total. The van der Waals surface area contributed by atoms with Crippen molar-refractivity contribution in [2.24, 2.45) is 0 Å². The van der Waals surface area contributed by atoms with Gasteiger partial charge in [0.05, 0.1) is 18.8 Å². The van der Waals surface area contributed by atoms with Crippen LogP contribution < -0.4 is 15.4 Å². The standard InChI is InChI=1S/C23H24N2O4S/c1-3-29-23-20(14-9-15-21(23)30(2,27)28)24-16-22(26)25-19-13-8-7-12-18(19)17-10-5-4-6-11-17/h4-15,24H,3,16H2,1-2H3,(H,25,26). The quantitative estimate of drug-likeness (QED) is 0.566. The Balaban J connectivity index is 1.77. The molecule has 1 amide bonds. The van der Waals surface area contributed by atoms with Crippen molar-refractivity contribution in [1.82, 2.24) is 0 Å². The number of benzene rings is 3. The Morgan fingerprint density at radius 2 is 1.57 bits per heavy atom. The van der Waals surface area contributed by atoms with E-state index in [9.17, 15) is 13.2 Å². The first-order valence-electron chi connectivity index (χ1n) is 9.54. The van der Waals surface area contributed by atoms with E-state index < -0.39 is 9.84 Å². The second-order valence-electron chi connectivity index (χ2n) is 6.65. The number of rotatable bonds is 8. The fourth-order valence-electron chi connectivity index (χ4n) is 3.07. The van der Waals surface area contributed by atoms with Gasteiger partial charge in [-0.2, -0.15) is 0 Å². The molecule has 0 saturated heterocycles. The van der Waals surface area contributed by atoms with Gasteiger partial charge in [0.1, 0.15) is 4.90 Å². The molecule has 0 radical (unpaired) electrons. The van der Waals surface area contributed by atoms with Crippen molar-refractivity contribution in [3.8, 4) is 16.9 Å². The van der Waals surface area contributed by atoms with Gasteiger partial charge in [-0.05, 0) is 30.7 Å². The number of para-hydroxylation sites is 2. The molecule has 3 aromatic rings. The Bertz CT molecular complexity index is 1130. The van der Waals surface area contributed by atoms with Crippen molar-refractivity contribution in [1.29, 1.82) is 0 Å². The summed E-state index contributed by atoms with van der Waals surface area (Å²) in [5.41, 5.74) is 3.07. The maximum absolute atomic E-state index is 12.6. The number of carbonyl (C=O) groups is 1. The summed E-state index contributed by atoms with van der Waals surface area (Å²) in [6.07, 6.45) is 1.13. The van der Waals surface area contributed by atoms with Gasteiger partial charge in [-0.25, -0.2) is 8.42 Å². The molecule has 0 heterocycles. The third-order valence-electron chi connectivity index (χ3n) is 4.39. The summed E-state index contributed by atoms with van der Waals surface area (Å²) >= 11 is 0. The molecular formula is C23H24N2O4S. The molecule has 30 heavy (non-hydrogen) atoms. The zero-order valence-corrected chi connectivity index (χ0v) is 17.7. The second-order valence-corrected chi connectivity index (χ2v) is 8.64. The van der Waals surface area contributed by atoms with Crippen molar-refractivity contribution in [3.05, 3.63) is 72.8 Å². The van der Waals surface area contributed by atoms with E-state index >= 15 is 0 Å². The molecule has 0 unspecified atom stereocenters. The Morgan fingerprint density at radius 3 is 2.27 bits per heavy atom. The van der Waals surface area contributed by atoms with Crippen molar-refractivity contribution in [2.75, 3.05) is 30.0 Å². The topological polar surface area (TPSA) is 84.5 Å². The minimum Gasteiger partial charge on any atom is -0.490 e. The van der Waals surface area contributed by atoms with E-state index in [1.165, 1.54) is 6.07 Å². The fourth-order valence-corrected chi connectivity index (χ4v) is 3.90. The van der Waals surface area contributed by atoms with Gasteiger partial charge < -0.3 is 15.4 Å². The fraction of sp³-hybridized carbons (Fsp3) is 0.174. The summed E-state index contributed by atoms with van der Waals surface area (Å²) < 4.78 is 29.6. The lowest BCUT2D eigenvalue weighted by Gasteiger charge is -2.16. The molecule has 0 fully saturated rings. The van der Waals surface area contributed by atoms with E-state index in [4.69, 9.17) is 4.74 Å². The summed E-state index contributed by atoms with van der Waals surface area (Å²) in [5, 5.41) is 5.90. The predicted molar refractivity (Wildman–Crippen MR) is 120 cm³/mol. The first kappa shape index (κ1) is 21.4. The maximum Gasteiger partial charge on any atom is 0.243 e. The van der Waals surface area contributed by atoms with Crippen LogP contribution in [0.3, 0.4) is 0 Å². The van der Waals surface area contributed by atoms with Gasteiger partial charge in [0.25, 0.3) is 0 Å². The number of amides is 1. The highest BCUT2D eigenvalue weighted by Gasteiger charge is 2.18. The van der Waals surface area contributed by atoms with Crippen LogP contribution in [0.5, 0.6) is 5.75 Å². The number of anilines is 2. The molecule has 0 bridgehead atoms. The summed E-state index contributed by atoms with van der Waals surface area (Å²) in [7, 11) is -3.47. The van der Waals surface area contributed by atoms with E-state index in [0.29, 0.717) is 18.0 Å². The smallest absolute Gasteiger partial charge is 0.243 e. The highest BCUT2D eigenvalue weighted by Crippen LogP contribution is 2.32. The lowest BCUT2D eigenvalue weighted by Crippen LogP contribution is -2.22. The van der Waals surface area contributed by atoms with Crippen molar-refractivity contribution >= 4 is 27.1 Å². The summed E-state index contributed by atoms with van der Waals surface area (Å²) in [5.74, 6) is -0.0365. The van der Waals surface area contributed by atoms with Crippen LogP contribution in [0.4, 0.5) is 11.4 Å². The third-order valence-corrected chi connectivity index (χ3v) is 5.51. The van der Waals surface area contributed by atoms with E-state index in [1.807, 2.05) is 54.6 Å². The zero-order chi connectivity index (χ0) is 21.6. The molecule has 3 rings (SSSR count). The second kappa shape index (κ2) is 9.45. The van der Waals surface area contributed by atoms with Crippen LogP contribution in [0.2, 0.25) is 0 Å². The lowest BCUT2D eigenvalue weighted by molar-refractivity contribution is -0.114. The predicted octanol–water partition coefficient (Wildman–Crippen LogP) is 4.21. The van der Waals surface area contributed by atoms with Crippen LogP contribution in [0.1, 0.15) is 6.92 Å². The van der Waals surface area contributed by atoms with Gasteiger partial charge in [-0.3, -0.25) is 4.79 Å². The molecule has 0 aliphatic heterocycles. The van der Waals surface area contributed by atoms with E-state index in [1.54, 1.807) is 19.1 Å². The van der Waals surface area contributed by atoms with Crippen LogP contribution in [-0.4, -0.2) is 33.7 Å². The Labute approximate surface area is 176 Å². The van der Waals surface area contributed by atoms with Gasteiger partial charge in [0.15, 0.2) is 15.6 Å². The number of hydrogen-bond acceptors (Lipinski definition) is 5. The van der Waals surface area contributed by atoms with E-state index in [0.717, 1.165) is 17.4 Å². The minimum atomic E-state index is -3.47. The molecule has 3 aromatic carbocycles. The molecule has 6 nitrogen and oxygen atoms in total. The molecule has 0 spiro atoms. The maximum atomic E-state index is 12.6. The first-order chi connectivity index (χ1) is 14.4. The van der Waals surface area contributed by atoms with E-state index in [2.05, 4.69) is 10.6 Å². The lowest BCUT2D eigenvalue weighted by atomic mass is 10.0. The summed E-state index contributed by atoms with van der Waals surface area (Å²) in [6.45, 7) is 2.03. The van der Waals surface area contributed by atoms with Crippen LogP contribution in [0.25, 0.3) is 11.1 Å². The number of hydrogen-bond donors (Lipinski definition) is 2. The molecule has 0 aromatic heterocycles. The Kier molecular flexibility index (Phi) is 6.74. The molecule has 0 aliphatic rings. The van der Waals surface area contributed by atoms with Crippen molar-refractivity contribution in [2.45, 2.75) is 11.8 Å². The van der Waals surface area contributed by atoms with Gasteiger partial charge in [-0.15, -0.1) is 0 Å². The Morgan fingerprint density at radius 1 is 0.900 bits per heavy atom. The first-order valence-corrected chi connectivity index (χ1v) is 11.4. The average molecular weight is 425 g/mol. The molecule has 7 heteroatoms. The Hall–Kier alpha value is -3.32. The van der Waals surface area contributed by atoms with Gasteiger partial charge in [0.2, 0.25) is 5.91 Å². The van der Waals surface area contributed by atoms with Crippen molar-refractivity contribution < 1.29 is 17.9 Å². The van der Waals surface area contributed by atoms with Crippen LogP contribution in [0, 0.1) is 0 Å². The van der Waals surface area contributed by atoms with Crippen LogP contribution in [-0.2, 0) is 14.6 Å². The number of ether oxygens (including phenoxy) is 1. The van der Waals surface area contributed by atoms with Crippen LogP contribution in [0.15, 0.2) is 77.7 Å².